The molecule has 0 aliphatic carbocycles. The first-order chi connectivity index (χ1) is 16.1. The molecule has 2 aliphatic rings. The van der Waals surface area contributed by atoms with Gasteiger partial charge < -0.3 is 25.7 Å². The number of nitrogens with one attached hydrogen (secondary N) is 4. The van der Waals surface area contributed by atoms with E-state index in [0.29, 0.717) is 23.5 Å². The Hall–Kier alpha value is -3.81. The lowest BCUT2D eigenvalue weighted by Crippen LogP contribution is -2.34. The lowest BCUT2D eigenvalue weighted by Gasteiger charge is -2.23. The third kappa shape index (κ3) is 3.82. The molecule has 1 aromatic carbocycles. The predicted octanol–water partition coefficient (Wildman–Crippen LogP) is 4.95. The van der Waals surface area contributed by atoms with Crippen LogP contribution in [0.4, 0.5) is 21.5 Å². The summed E-state index contributed by atoms with van der Waals surface area (Å²) in [7, 11) is 1.43. The number of rotatable bonds is 3. The predicted molar refractivity (Wildman–Crippen MR) is 127 cm³/mol. The summed E-state index contributed by atoms with van der Waals surface area (Å²) in [5, 5.41) is 9.81. The van der Waals surface area contributed by atoms with E-state index in [1.807, 2.05) is 6.07 Å². The van der Waals surface area contributed by atoms with Crippen LogP contribution < -0.4 is 20.7 Å². The third-order valence-electron chi connectivity index (χ3n) is 6.28. The van der Waals surface area contributed by atoms with Crippen LogP contribution in [0.3, 0.4) is 0 Å². The summed E-state index contributed by atoms with van der Waals surface area (Å²) in [6.45, 7) is 3.45. The number of allylic oxidation sites excluding steroid dienone is 1. The van der Waals surface area contributed by atoms with Crippen LogP contribution in [0.2, 0.25) is 0 Å². The molecule has 2 aliphatic heterocycles. The molecule has 1 atom stereocenters. The number of nitrogens with zero attached hydrogens (tertiary/aromatic N) is 1. The molecular formula is C25H26FN5O2. The van der Waals surface area contributed by atoms with Gasteiger partial charge in [0, 0.05) is 36.5 Å². The molecule has 0 spiro atoms. The monoisotopic (exact) mass is 447 g/mol. The fraction of sp³-hybridized carbons (Fsp3) is 0.280. The number of methoxy groups -OCH3 is 1. The zero-order valence-corrected chi connectivity index (χ0v) is 18.6. The molecule has 3 aromatic rings. The zero-order chi connectivity index (χ0) is 22.9. The normalized spacial score (nSPS) is 19.1. The van der Waals surface area contributed by atoms with Gasteiger partial charge in [-0.2, -0.15) is 0 Å². The molecule has 0 radical (unpaired) electrons. The van der Waals surface area contributed by atoms with Crippen LogP contribution in [0, 0.1) is 5.82 Å². The van der Waals surface area contributed by atoms with Crippen LogP contribution in [0.15, 0.2) is 48.3 Å². The quantitative estimate of drug-likeness (QED) is 0.427. The molecule has 33 heavy (non-hydrogen) atoms. The van der Waals surface area contributed by atoms with Gasteiger partial charge in [0.1, 0.15) is 0 Å². The Morgan fingerprint density at radius 2 is 2.12 bits per heavy atom. The largest absolute Gasteiger partial charge is 0.492 e. The average molecular weight is 448 g/mol. The second-order valence-corrected chi connectivity index (χ2v) is 8.40. The maximum absolute atomic E-state index is 14.4. The molecule has 4 heterocycles. The highest BCUT2D eigenvalue weighted by Gasteiger charge is 2.33. The lowest BCUT2D eigenvalue weighted by atomic mass is 9.92. The number of aromatic nitrogens is 2. The first kappa shape index (κ1) is 21.1. The van der Waals surface area contributed by atoms with E-state index in [2.05, 4.69) is 38.9 Å². The van der Waals surface area contributed by atoms with E-state index in [0.717, 1.165) is 42.0 Å². The molecule has 1 amide bonds. The molecule has 4 N–H and O–H groups in total. The van der Waals surface area contributed by atoms with Crippen molar-refractivity contribution in [3.8, 4) is 17.0 Å². The topological polar surface area (TPSA) is 91.1 Å². The Bertz CT molecular complexity index is 1250. The summed E-state index contributed by atoms with van der Waals surface area (Å²) in [6, 6.07) is 6.59. The van der Waals surface area contributed by atoms with Gasteiger partial charge in [-0.3, -0.25) is 9.78 Å². The molecular weight excluding hydrogens is 421 g/mol. The second-order valence-electron chi connectivity index (χ2n) is 8.40. The fourth-order valence-corrected chi connectivity index (χ4v) is 4.54. The van der Waals surface area contributed by atoms with Gasteiger partial charge in [0.15, 0.2) is 11.6 Å². The summed E-state index contributed by atoms with van der Waals surface area (Å²) < 4.78 is 19.7. The Labute approximate surface area is 191 Å². The van der Waals surface area contributed by atoms with Crippen LogP contribution in [0.5, 0.6) is 5.75 Å². The highest BCUT2D eigenvalue weighted by atomic mass is 19.1. The van der Waals surface area contributed by atoms with E-state index >= 15 is 0 Å². The minimum Gasteiger partial charge on any atom is -0.492 e. The number of aromatic amines is 1. The highest BCUT2D eigenvalue weighted by molar-refractivity contribution is 6.07. The lowest BCUT2D eigenvalue weighted by molar-refractivity contribution is 0.0941. The number of pyridine rings is 1. The number of ether oxygens (including phenoxy) is 1. The number of para-hydroxylation sites is 1. The molecule has 5 rings (SSSR count). The van der Waals surface area contributed by atoms with E-state index in [-0.39, 0.29) is 17.6 Å². The van der Waals surface area contributed by atoms with Gasteiger partial charge in [-0.05, 0) is 38.0 Å². The summed E-state index contributed by atoms with van der Waals surface area (Å²) in [5.41, 5.74) is 6.23. The van der Waals surface area contributed by atoms with Crippen molar-refractivity contribution in [2.45, 2.75) is 25.7 Å². The van der Waals surface area contributed by atoms with Crippen LogP contribution >= 0.6 is 0 Å². The first-order valence-corrected chi connectivity index (χ1v) is 11.0. The summed E-state index contributed by atoms with van der Waals surface area (Å²) in [4.78, 5) is 20.9. The number of benzene rings is 1. The van der Waals surface area contributed by atoms with E-state index in [1.165, 1.54) is 18.7 Å². The van der Waals surface area contributed by atoms with Crippen LogP contribution in [0.25, 0.3) is 11.3 Å². The molecule has 1 unspecified atom stereocenters. The maximum Gasteiger partial charge on any atom is 0.255 e. The van der Waals surface area contributed by atoms with Crippen LogP contribution in [0.1, 0.15) is 41.7 Å². The zero-order valence-electron chi connectivity index (χ0n) is 18.6. The van der Waals surface area contributed by atoms with Crippen molar-refractivity contribution in [3.05, 3.63) is 65.4 Å². The second kappa shape index (κ2) is 8.61. The van der Waals surface area contributed by atoms with Gasteiger partial charge in [-0.25, -0.2) is 4.39 Å². The SMILES string of the molecule is COc1c(F)cccc1Nc1c2[nH]c3c1C(=O)NCC3C/C=C(/C)CCNc1cnccc1-2. The third-order valence-corrected chi connectivity index (χ3v) is 6.28. The van der Waals surface area contributed by atoms with Crippen molar-refractivity contribution in [2.75, 3.05) is 30.8 Å². The fourth-order valence-electron chi connectivity index (χ4n) is 4.54. The molecule has 8 heteroatoms. The van der Waals surface area contributed by atoms with Gasteiger partial charge >= 0.3 is 0 Å². The Morgan fingerprint density at radius 3 is 2.97 bits per heavy atom. The van der Waals surface area contributed by atoms with Crippen molar-refractivity contribution in [1.82, 2.24) is 15.3 Å². The van der Waals surface area contributed by atoms with Gasteiger partial charge in [0.2, 0.25) is 0 Å². The van der Waals surface area contributed by atoms with Crippen LogP contribution in [-0.4, -0.2) is 36.1 Å². The van der Waals surface area contributed by atoms with Gasteiger partial charge in [-0.1, -0.05) is 17.7 Å². The molecule has 2 aromatic heterocycles. The first-order valence-electron chi connectivity index (χ1n) is 11.0. The number of hydrogen-bond donors (Lipinski definition) is 4. The Morgan fingerprint density at radius 1 is 1.24 bits per heavy atom. The highest BCUT2D eigenvalue weighted by Crippen LogP contribution is 2.44. The Kier molecular flexibility index (Phi) is 5.50. The van der Waals surface area contributed by atoms with Gasteiger partial charge in [0.25, 0.3) is 5.91 Å². The molecule has 170 valence electrons. The standard InChI is InChI=1S/C25H26FN5O2/c1-14-6-7-15-12-29-25(32)20-21(15)31-22(16-9-10-27-13-19(16)28-11-8-14)23(20)30-18-5-3-4-17(26)24(18)33-2/h3-6,9-10,13,15,28,30-31H,7-8,11-12H2,1-2H3,(H,29,32)/b14-6-. The number of fused-ring (bicyclic) bond motifs is 3. The smallest absolute Gasteiger partial charge is 0.255 e. The van der Waals surface area contributed by atoms with E-state index in [4.69, 9.17) is 4.74 Å². The van der Waals surface area contributed by atoms with E-state index < -0.39 is 5.82 Å². The van der Waals surface area contributed by atoms with Crippen molar-refractivity contribution in [3.63, 3.8) is 0 Å². The summed E-state index contributed by atoms with van der Waals surface area (Å²) >= 11 is 0. The molecule has 0 fully saturated rings. The maximum atomic E-state index is 14.4. The molecule has 2 bridgehead atoms. The number of carbonyl (C=O) groups is 1. The van der Waals surface area contributed by atoms with E-state index in [1.54, 1.807) is 24.5 Å². The summed E-state index contributed by atoms with van der Waals surface area (Å²) in [6.07, 6.45) is 7.47. The van der Waals surface area contributed by atoms with E-state index in [9.17, 15) is 9.18 Å². The molecule has 0 saturated heterocycles. The number of H-pyrrole nitrogens is 1. The number of anilines is 3. The average Bonchev–Trinajstić information content (AvgIpc) is 3.18. The minimum absolute atomic E-state index is 0.0933. The summed E-state index contributed by atoms with van der Waals surface area (Å²) in [5.74, 6) is -0.445. The molecule has 0 saturated carbocycles. The van der Waals surface area contributed by atoms with Crippen molar-refractivity contribution in [1.29, 1.82) is 0 Å². The van der Waals surface area contributed by atoms with Gasteiger partial charge in [0.05, 0.1) is 41.6 Å². The van der Waals surface area contributed by atoms with Crippen molar-refractivity contribution >= 4 is 23.0 Å². The van der Waals surface area contributed by atoms with Gasteiger partial charge in [-0.15, -0.1) is 0 Å². The number of hydrogen-bond acceptors (Lipinski definition) is 5. The number of halogens is 1. The van der Waals surface area contributed by atoms with Crippen molar-refractivity contribution < 1.29 is 13.9 Å². The Balaban J connectivity index is 1.74. The number of amides is 1. The number of carbonyl (C=O) groups excluding carboxylic acids is 1. The minimum atomic E-state index is -0.478. The molecule has 7 nitrogen and oxygen atoms in total. The van der Waals surface area contributed by atoms with Crippen molar-refractivity contribution in [2.24, 2.45) is 0 Å². The van der Waals surface area contributed by atoms with Crippen LogP contribution in [-0.2, 0) is 0 Å².